The highest BCUT2D eigenvalue weighted by Crippen LogP contribution is 2.41. The van der Waals surface area contributed by atoms with Gasteiger partial charge in [-0.3, -0.25) is 4.79 Å². The molecule has 27 heavy (non-hydrogen) atoms. The molecule has 0 aliphatic heterocycles. The van der Waals surface area contributed by atoms with Gasteiger partial charge in [0.05, 0.1) is 12.6 Å². The molecule has 0 spiro atoms. The first-order valence-corrected chi connectivity index (χ1v) is 8.92. The molecule has 0 fully saturated rings. The molecule has 3 rings (SSSR count). The largest absolute Gasteiger partial charge is 0.493 e. The number of nitrogens with zero attached hydrogens (tertiary/aromatic N) is 2. The zero-order chi connectivity index (χ0) is 19.6. The molecule has 1 N–H and O–H groups in total. The Bertz CT molecular complexity index is 1030. The first kappa shape index (κ1) is 19.2. The van der Waals surface area contributed by atoms with Crippen LogP contribution in [0.3, 0.4) is 0 Å². The maximum atomic E-state index is 11.3. The Hall–Kier alpha value is -2.57. The second kappa shape index (κ2) is 7.98. The molecule has 3 aromatic rings. The zero-order valence-corrected chi connectivity index (χ0v) is 15.9. The minimum absolute atomic E-state index is 0.0307. The molecule has 6 nitrogen and oxygen atoms in total. The van der Waals surface area contributed by atoms with Gasteiger partial charge in [0.15, 0.2) is 5.69 Å². The van der Waals surface area contributed by atoms with E-state index in [4.69, 9.17) is 23.2 Å². The molecule has 0 aliphatic carbocycles. The van der Waals surface area contributed by atoms with E-state index in [-0.39, 0.29) is 24.0 Å². The molecule has 0 unspecified atom stereocenters. The summed E-state index contributed by atoms with van der Waals surface area (Å²) in [4.78, 5) is 22.5. The summed E-state index contributed by atoms with van der Waals surface area (Å²) in [6.45, 7) is 0.324. The molecule has 8 heteroatoms. The molecule has 2 aromatic carbocycles. The van der Waals surface area contributed by atoms with Crippen molar-refractivity contribution in [2.24, 2.45) is 5.18 Å². The lowest BCUT2D eigenvalue weighted by Gasteiger charge is -2.09. The summed E-state index contributed by atoms with van der Waals surface area (Å²) < 4.78 is 6.19. The monoisotopic (exact) mass is 406 g/mol. The van der Waals surface area contributed by atoms with Gasteiger partial charge < -0.3 is 14.4 Å². The van der Waals surface area contributed by atoms with Crippen molar-refractivity contribution in [2.75, 3.05) is 7.11 Å². The van der Waals surface area contributed by atoms with E-state index in [0.29, 0.717) is 33.9 Å². The van der Waals surface area contributed by atoms with Crippen LogP contribution in [0.15, 0.2) is 41.6 Å². The van der Waals surface area contributed by atoms with Crippen LogP contribution < -0.4 is 0 Å². The summed E-state index contributed by atoms with van der Waals surface area (Å²) in [5.74, 6) is -0.572. The Morgan fingerprint density at radius 3 is 2.67 bits per heavy atom. The summed E-state index contributed by atoms with van der Waals surface area (Å²) >= 11 is 12.2. The number of methoxy groups -OCH3 is 1. The number of aromatic hydroxyl groups is 1. The van der Waals surface area contributed by atoms with Crippen molar-refractivity contribution < 1.29 is 14.6 Å². The zero-order valence-electron chi connectivity index (χ0n) is 14.4. The second-order valence-corrected chi connectivity index (χ2v) is 6.79. The second-order valence-electron chi connectivity index (χ2n) is 5.95. The van der Waals surface area contributed by atoms with Gasteiger partial charge in [0, 0.05) is 34.0 Å². The fourth-order valence-corrected chi connectivity index (χ4v) is 3.53. The number of nitroso groups, excluding NO2 is 1. The third-order valence-corrected chi connectivity index (χ3v) is 4.88. The molecule has 0 bridgehead atoms. The molecule has 0 saturated carbocycles. The maximum Gasteiger partial charge on any atom is 0.305 e. The summed E-state index contributed by atoms with van der Waals surface area (Å²) in [7, 11) is 1.32. The van der Waals surface area contributed by atoms with Gasteiger partial charge in [-0.2, -0.15) is 0 Å². The standard InChI is InChI=1S/C19H16Cl2N2O4/c1-27-17(24)3-2-8-23-16-9-11(13-7-5-12(20)10-15(13)21)4-6-14(16)18(22-26)19(23)25/h4-7,9-10,25H,2-3,8H2,1H3. The lowest BCUT2D eigenvalue weighted by molar-refractivity contribution is -0.140. The number of rotatable bonds is 6. The average molecular weight is 407 g/mol. The molecule has 0 radical (unpaired) electrons. The van der Waals surface area contributed by atoms with Crippen LogP contribution in [0.2, 0.25) is 10.0 Å². The van der Waals surface area contributed by atoms with Crippen LogP contribution in [0.25, 0.3) is 22.0 Å². The quantitative estimate of drug-likeness (QED) is 0.422. The van der Waals surface area contributed by atoms with E-state index in [1.807, 2.05) is 6.07 Å². The van der Waals surface area contributed by atoms with Gasteiger partial charge in [0.2, 0.25) is 5.88 Å². The van der Waals surface area contributed by atoms with E-state index in [1.54, 1.807) is 34.9 Å². The van der Waals surface area contributed by atoms with Gasteiger partial charge in [-0.25, -0.2) is 0 Å². The molecule has 0 aliphatic rings. The Kier molecular flexibility index (Phi) is 5.68. The Morgan fingerprint density at radius 1 is 1.22 bits per heavy atom. The molecule has 0 atom stereocenters. The highest BCUT2D eigenvalue weighted by atomic mass is 35.5. The number of carbonyl (C=O) groups excluding carboxylic acids is 1. The van der Waals surface area contributed by atoms with Gasteiger partial charge in [-0.05, 0) is 41.4 Å². The Morgan fingerprint density at radius 2 is 2.00 bits per heavy atom. The van der Waals surface area contributed by atoms with Crippen LogP contribution in [-0.2, 0) is 16.1 Å². The third-order valence-electron chi connectivity index (χ3n) is 4.33. The van der Waals surface area contributed by atoms with Crippen molar-refractivity contribution in [1.29, 1.82) is 0 Å². The highest BCUT2D eigenvalue weighted by molar-refractivity contribution is 6.36. The topological polar surface area (TPSA) is 80.9 Å². The van der Waals surface area contributed by atoms with Gasteiger partial charge in [0.25, 0.3) is 0 Å². The third kappa shape index (κ3) is 3.77. The fourth-order valence-electron chi connectivity index (χ4n) is 3.01. The average Bonchev–Trinajstić information content (AvgIpc) is 2.92. The van der Waals surface area contributed by atoms with Crippen molar-refractivity contribution in [3.8, 4) is 17.0 Å². The maximum absolute atomic E-state index is 11.3. The van der Waals surface area contributed by atoms with E-state index >= 15 is 0 Å². The van der Waals surface area contributed by atoms with E-state index in [0.717, 1.165) is 11.1 Å². The molecule has 0 amide bonds. The Labute approximate surface area is 165 Å². The molecule has 140 valence electrons. The number of benzene rings is 2. The van der Waals surface area contributed by atoms with E-state index in [1.165, 1.54) is 7.11 Å². The summed E-state index contributed by atoms with van der Waals surface area (Å²) in [6.07, 6.45) is 0.635. The first-order valence-electron chi connectivity index (χ1n) is 8.17. The van der Waals surface area contributed by atoms with Crippen molar-refractivity contribution in [3.05, 3.63) is 51.4 Å². The first-order chi connectivity index (χ1) is 13.0. The summed E-state index contributed by atoms with van der Waals surface area (Å²) in [5.41, 5.74) is 2.16. The summed E-state index contributed by atoms with van der Waals surface area (Å²) in [6, 6.07) is 10.5. The van der Waals surface area contributed by atoms with Gasteiger partial charge in [0.1, 0.15) is 0 Å². The SMILES string of the molecule is COC(=O)CCCn1c(O)c(N=O)c2ccc(-c3ccc(Cl)cc3Cl)cc21. The highest BCUT2D eigenvalue weighted by Gasteiger charge is 2.19. The van der Waals surface area contributed by atoms with Gasteiger partial charge in [-0.15, -0.1) is 4.91 Å². The Balaban J connectivity index is 2.06. The predicted octanol–water partition coefficient (Wildman–Crippen LogP) is 5.67. The van der Waals surface area contributed by atoms with Crippen LogP contribution in [0.4, 0.5) is 5.69 Å². The van der Waals surface area contributed by atoms with Crippen LogP contribution in [0, 0.1) is 4.91 Å². The number of carbonyl (C=O) groups is 1. The predicted molar refractivity (Wildman–Crippen MR) is 106 cm³/mol. The minimum atomic E-state index is -0.340. The number of ether oxygens (including phenoxy) is 1. The van der Waals surface area contributed by atoms with Gasteiger partial charge >= 0.3 is 5.97 Å². The smallest absolute Gasteiger partial charge is 0.305 e. The number of hydrogen-bond donors (Lipinski definition) is 1. The normalized spacial score (nSPS) is 10.9. The van der Waals surface area contributed by atoms with E-state index in [2.05, 4.69) is 9.91 Å². The molecule has 1 aromatic heterocycles. The van der Waals surface area contributed by atoms with Crippen LogP contribution in [0.5, 0.6) is 5.88 Å². The minimum Gasteiger partial charge on any atom is -0.493 e. The lowest BCUT2D eigenvalue weighted by Crippen LogP contribution is -2.04. The van der Waals surface area contributed by atoms with Crippen molar-refractivity contribution in [2.45, 2.75) is 19.4 Å². The number of halogens is 2. The van der Waals surface area contributed by atoms with Crippen LogP contribution in [0.1, 0.15) is 12.8 Å². The molecule has 0 saturated heterocycles. The number of aryl methyl sites for hydroxylation is 1. The molecule has 1 heterocycles. The number of fused-ring (bicyclic) bond motifs is 1. The van der Waals surface area contributed by atoms with Crippen molar-refractivity contribution in [1.82, 2.24) is 4.57 Å². The fraction of sp³-hybridized carbons (Fsp3) is 0.211. The van der Waals surface area contributed by atoms with E-state index in [9.17, 15) is 14.8 Å². The molecular formula is C19H16Cl2N2O4. The summed E-state index contributed by atoms with van der Waals surface area (Å²) in [5, 5.41) is 14.9. The number of esters is 1. The van der Waals surface area contributed by atoms with Crippen LogP contribution in [-0.4, -0.2) is 22.8 Å². The lowest BCUT2D eigenvalue weighted by atomic mass is 10.0. The van der Waals surface area contributed by atoms with Gasteiger partial charge in [-0.1, -0.05) is 35.3 Å². The van der Waals surface area contributed by atoms with Crippen molar-refractivity contribution in [3.63, 3.8) is 0 Å². The van der Waals surface area contributed by atoms with Crippen LogP contribution >= 0.6 is 23.2 Å². The number of aromatic nitrogens is 1. The number of hydrogen-bond acceptors (Lipinski definition) is 5. The van der Waals surface area contributed by atoms with Crippen molar-refractivity contribution >= 4 is 45.8 Å². The molecular weight excluding hydrogens is 391 g/mol. The van der Waals surface area contributed by atoms with E-state index < -0.39 is 0 Å².